The van der Waals surface area contributed by atoms with Crippen molar-refractivity contribution < 1.29 is 35.8 Å². The first kappa shape index (κ1) is 32.6. The molecule has 0 radical (unpaired) electrons. The number of nitriles is 2. The number of amides is 1. The van der Waals surface area contributed by atoms with Gasteiger partial charge in [-0.2, -0.15) is 47.3 Å². The summed E-state index contributed by atoms with van der Waals surface area (Å²) in [6.07, 6.45) is 0.480. The Bertz CT molecular complexity index is 1920. The number of rotatable bonds is 8. The molecular formula is C25H21N6NaO8S2. The molecule has 17 heteroatoms. The van der Waals surface area contributed by atoms with Crippen LogP contribution in [-0.4, -0.2) is 82.0 Å². The van der Waals surface area contributed by atoms with E-state index in [1.807, 2.05) is 12.1 Å². The van der Waals surface area contributed by atoms with Crippen LogP contribution in [0.5, 0.6) is 5.88 Å². The number of carbonyl (C=O) groups is 1. The number of benzene rings is 2. The van der Waals surface area contributed by atoms with Gasteiger partial charge in [0.05, 0.1) is 32.3 Å². The summed E-state index contributed by atoms with van der Waals surface area (Å²) < 4.78 is 64.6. The summed E-state index contributed by atoms with van der Waals surface area (Å²) in [4.78, 5) is 12.5. The number of hydrogen-bond donors (Lipinski definition) is 3. The van der Waals surface area contributed by atoms with Gasteiger partial charge in [0.25, 0.3) is 26.1 Å². The van der Waals surface area contributed by atoms with E-state index in [0.717, 1.165) is 34.0 Å². The molecule has 212 valence electrons. The van der Waals surface area contributed by atoms with E-state index >= 15 is 0 Å². The van der Waals surface area contributed by atoms with Crippen LogP contribution in [0.3, 0.4) is 0 Å². The van der Waals surface area contributed by atoms with Crippen LogP contribution in [0.15, 0.2) is 74.6 Å². The number of nitrogens with zero attached hydrogens (tertiary/aromatic N) is 6. The molecule has 0 aliphatic carbocycles. The molecule has 0 atom stereocenters. The van der Waals surface area contributed by atoms with Crippen LogP contribution in [0.2, 0.25) is 0 Å². The van der Waals surface area contributed by atoms with Crippen LogP contribution in [-0.2, 0) is 31.5 Å². The van der Waals surface area contributed by atoms with Gasteiger partial charge in [0.15, 0.2) is 11.4 Å². The molecule has 1 aliphatic rings. The second-order valence-corrected chi connectivity index (χ2v) is 11.5. The zero-order chi connectivity index (χ0) is 30.1. The summed E-state index contributed by atoms with van der Waals surface area (Å²) in [5.74, 6) is -1.04. The van der Waals surface area contributed by atoms with Crippen LogP contribution in [0.25, 0.3) is 5.69 Å². The molecule has 0 spiro atoms. The topological polar surface area (TPSA) is 227 Å². The predicted molar refractivity (Wildman–Crippen MR) is 149 cm³/mol. The van der Waals surface area contributed by atoms with Crippen molar-refractivity contribution in [2.75, 3.05) is 5.01 Å². The number of aromatic nitrogens is 2. The molecule has 1 aliphatic heterocycles. The Hall–Kier alpha value is -3.87. The molecule has 0 saturated heterocycles. The van der Waals surface area contributed by atoms with Gasteiger partial charge in [0, 0.05) is 0 Å². The molecule has 14 nitrogen and oxygen atoms in total. The average molecular weight is 621 g/mol. The van der Waals surface area contributed by atoms with Gasteiger partial charge in [-0.05, 0) is 67.8 Å². The molecule has 3 N–H and O–H groups in total. The van der Waals surface area contributed by atoms with Crippen LogP contribution < -0.4 is 5.01 Å². The van der Waals surface area contributed by atoms with Crippen molar-refractivity contribution in [3.63, 3.8) is 0 Å². The summed E-state index contributed by atoms with van der Waals surface area (Å²) >= 11 is 0. The molecular weight excluding hydrogens is 599 g/mol. The van der Waals surface area contributed by atoms with Crippen molar-refractivity contribution in [2.45, 2.75) is 36.0 Å². The minimum atomic E-state index is -4.45. The minimum absolute atomic E-state index is 0. The van der Waals surface area contributed by atoms with Crippen LogP contribution in [0.4, 0.5) is 5.69 Å². The maximum atomic E-state index is 13.3. The van der Waals surface area contributed by atoms with E-state index in [-0.39, 0.29) is 86.1 Å². The molecule has 3 aromatic rings. The van der Waals surface area contributed by atoms with Crippen molar-refractivity contribution in [3.8, 4) is 23.7 Å². The second kappa shape index (κ2) is 12.6. The molecule has 0 saturated carbocycles. The molecule has 0 bridgehead atoms. The third-order valence-electron chi connectivity index (χ3n) is 6.23. The zero-order valence-electron chi connectivity index (χ0n) is 21.1. The molecule has 4 rings (SSSR count). The Morgan fingerprint density at radius 3 is 1.88 bits per heavy atom. The quantitative estimate of drug-likeness (QED) is 0.187. The molecule has 1 aromatic heterocycles. The fraction of sp³-hybridized carbons (Fsp3) is 0.160. The van der Waals surface area contributed by atoms with E-state index < -0.39 is 32.0 Å². The Morgan fingerprint density at radius 2 is 1.43 bits per heavy atom. The van der Waals surface area contributed by atoms with Gasteiger partial charge >= 0.3 is 29.6 Å². The van der Waals surface area contributed by atoms with Crippen LogP contribution >= 0.6 is 0 Å². The number of aromatic hydroxyl groups is 1. The van der Waals surface area contributed by atoms with Gasteiger partial charge in [-0.25, -0.2) is 0 Å². The first-order valence-electron chi connectivity index (χ1n) is 11.7. The number of carbonyl (C=O) groups excluding carboxylic acids is 1. The van der Waals surface area contributed by atoms with E-state index in [2.05, 4.69) is 10.2 Å². The summed E-state index contributed by atoms with van der Waals surface area (Å²) in [6, 6.07) is 13.2. The van der Waals surface area contributed by atoms with Gasteiger partial charge < -0.3 is 5.11 Å². The van der Waals surface area contributed by atoms with Crippen molar-refractivity contribution in [1.29, 1.82) is 10.5 Å². The Morgan fingerprint density at radius 1 is 0.905 bits per heavy atom. The molecule has 1 amide bonds. The van der Waals surface area contributed by atoms with Gasteiger partial charge in [0.1, 0.15) is 12.1 Å². The van der Waals surface area contributed by atoms with Gasteiger partial charge in [-0.15, -0.1) is 0 Å². The molecule has 0 fully saturated rings. The average Bonchev–Trinajstić information content (AvgIpc) is 3.44. The predicted octanol–water partition coefficient (Wildman–Crippen LogP) is 1.86. The van der Waals surface area contributed by atoms with Crippen LogP contribution in [0.1, 0.15) is 31.0 Å². The van der Waals surface area contributed by atoms with Crippen molar-refractivity contribution in [3.05, 3.63) is 70.9 Å². The standard InChI is InChI=1S/C25H20N6O8S2.Na.H/c1-2-15(23-22(14-27)29-31(25(23)33)17-6-10-19(11-7-17)41(37,38)39)3-12-20-21(13-26)28-30(24(20)32)16-4-8-18(9-5-16)40(34,35)36;;/h4-11,32H,2-3,12H2,1H3,(H,34,35,36)(H,37,38,39);;. The molecule has 42 heavy (non-hydrogen) atoms. The first-order valence-corrected chi connectivity index (χ1v) is 14.6. The molecule has 0 unspecified atom stereocenters. The van der Waals surface area contributed by atoms with E-state index in [1.54, 1.807) is 6.92 Å². The van der Waals surface area contributed by atoms with Crippen molar-refractivity contribution >= 4 is 67.1 Å². The summed E-state index contributed by atoms with van der Waals surface area (Å²) in [5, 5.41) is 39.2. The third-order valence-corrected chi connectivity index (χ3v) is 7.96. The van der Waals surface area contributed by atoms with Crippen LogP contribution in [0, 0.1) is 22.7 Å². The first-order chi connectivity index (χ1) is 19.3. The van der Waals surface area contributed by atoms with Gasteiger partial charge in [-0.3, -0.25) is 13.9 Å². The molecule has 2 aromatic carbocycles. The summed E-state index contributed by atoms with van der Waals surface area (Å²) in [7, 11) is -8.89. The van der Waals surface area contributed by atoms with Crippen molar-refractivity contribution in [2.24, 2.45) is 5.10 Å². The van der Waals surface area contributed by atoms with Crippen molar-refractivity contribution in [1.82, 2.24) is 9.78 Å². The molecule has 2 heterocycles. The SMILES string of the molecule is CCC(CCc1c(C#N)nn(-c2ccc(S(=O)(=O)O)cc2)c1O)=C1C(=O)N(c2ccc(S(=O)(=O)O)cc2)N=C1C#N.[NaH]. The summed E-state index contributed by atoms with van der Waals surface area (Å²) in [5.41, 5.74) is 0.760. The fourth-order valence-electron chi connectivity index (χ4n) is 4.19. The number of allylic oxidation sites excluding steroid dienone is 1. The maximum absolute atomic E-state index is 13.3. The van der Waals surface area contributed by atoms with Gasteiger partial charge in [-0.1, -0.05) is 12.5 Å². The number of anilines is 1. The second-order valence-electron chi connectivity index (χ2n) is 8.62. The Kier molecular flexibility index (Phi) is 9.76. The normalized spacial score (nSPS) is 14.5. The zero-order valence-corrected chi connectivity index (χ0v) is 22.8. The van der Waals surface area contributed by atoms with E-state index in [9.17, 15) is 41.8 Å². The van der Waals surface area contributed by atoms with E-state index in [0.29, 0.717) is 12.0 Å². The number of hydrazone groups is 1. The fourth-order valence-corrected chi connectivity index (χ4v) is 5.15. The Balaban J connectivity index is 0.00000484. The van der Waals surface area contributed by atoms with Gasteiger partial charge in [0.2, 0.25) is 5.88 Å². The van der Waals surface area contributed by atoms with E-state index in [4.69, 9.17) is 4.55 Å². The third kappa shape index (κ3) is 6.45. The number of hydrogen-bond acceptors (Lipinski definition) is 10. The Labute approximate surface area is 262 Å². The van der Waals surface area contributed by atoms with E-state index in [1.165, 1.54) is 24.3 Å². The monoisotopic (exact) mass is 620 g/mol. The summed E-state index contributed by atoms with van der Waals surface area (Å²) in [6.45, 7) is 1.75.